The zero-order valence-corrected chi connectivity index (χ0v) is 13.9. The van der Waals surface area contributed by atoms with E-state index >= 15 is 0 Å². The Morgan fingerprint density at radius 3 is 2.35 bits per heavy atom. The topological polar surface area (TPSA) is 57.5 Å². The highest BCUT2D eigenvalue weighted by Gasteiger charge is 2.58. The smallest absolute Gasteiger partial charge is 0.140 e. The van der Waals surface area contributed by atoms with Gasteiger partial charge >= 0.3 is 0 Å². The summed E-state index contributed by atoms with van der Waals surface area (Å²) in [5.74, 6) is 0.885. The third-order valence-corrected chi connectivity index (χ3v) is 6.14. The lowest BCUT2D eigenvalue weighted by atomic mass is 9.76. The lowest BCUT2D eigenvalue weighted by molar-refractivity contribution is -0.126. The van der Waals surface area contributed by atoms with E-state index in [1.165, 1.54) is 5.56 Å². The number of benzene rings is 1. The van der Waals surface area contributed by atoms with Crippen LogP contribution in [0.4, 0.5) is 0 Å². The van der Waals surface area contributed by atoms with Crippen LogP contribution in [0.5, 0.6) is 0 Å². The van der Waals surface area contributed by atoms with Crippen molar-refractivity contribution in [1.29, 1.82) is 0 Å². The summed E-state index contributed by atoms with van der Waals surface area (Å²) >= 11 is 0. The summed E-state index contributed by atoms with van der Waals surface area (Å²) in [5.41, 5.74) is 1.23. The molecule has 0 aromatic heterocycles. The van der Waals surface area contributed by atoms with Gasteiger partial charge in [-0.1, -0.05) is 50.1 Å². The van der Waals surface area contributed by atoms with Crippen molar-refractivity contribution >= 4 is 5.78 Å². The van der Waals surface area contributed by atoms with Gasteiger partial charge in [0.1, 0.15) is 5.78 Å². The van der Waals surface area contributed by atoms with Crippen LogP contribution < -0.4 is 0 Å². The molecule has 0 saturated heterocycles. The van der Waals surface area contributed by atoms with Crippen LogP contribution in [-0.4, -0.2) is 29.2 Å². The average molecular weight is 316 g/mol. The van der Waals surface area contributed by atoms with Gasteiger partial charge in [-0.3, -0.25) is 4.79 Å². The number of unbranched alkanes of at least 4 members (excludes halogenated alkanes) is 1. The van der Waals surface area contributed by atoms with E-state index < -0.39 is 0 Å². The van der Waals surface area contributed by atoms with Crippen molar-refractivity contribution < 1.29 is 15.0 Å². The van der Waals surface area contributed by atoms with E-state index in [0.29, 0.717) is 5.78 Å². The molecule has 0 unspecified atom stereocenters. The lowest BCUT2D eigenvalue weighted by Crippen LogP contribution is -2.23. The molecular formula is C20H28O3. The largest absolute Gasteiger partial charge is 0.396 e. The van der Waals surface area contributed by atoms with Crippen LogP contribution in [0.1, 0.15) is 44.1 Å². The molecule has 0 bridgehead atoms. The normalized spacial score (nSPS) is 36.4. The van der Waals surface area contributed by atoms with Crippen molar-refractivity contribution in [2.45, 2.75) is 38.5 Å². The average Bonchev–Trinajstić information content (AvgIpc) is 3.09. The van der Waals surface area contributed by atoms with Gasteiger partial charge in [-0.05, 0) is 42.1 Å². The monoisotopic (exact) mass is 316 g/mol. The first-order chi connectivity index (χ1) is 11.2. The minimum Gasteiger partial charge on any atom is -0.396 e. The highest BCUT2D eigenvalue weighted by molar-refractivity contribution is 5.88. The fraction of sp³-hybridized carbons (Fsp3) is 0.650. The Balaban J connectivity index is 1.99. The third kappa shape index (κ3) is 2.85. The molecule has 3 nitrogen and oxygen atoms in total. The summed E-state index contributed by atoms with van der Waals surface area (Å²) in [6, 6.07) is 10.3. The summed E-state index contributed by atoms with van der Waals surface area (Å²) in [7, 11) is 0. The number of fused-ring (bicyclic) bond motifs is 1. The maximum Gasteiger partial charge on any atom is 0.140 e. The first-order valence-electron chi connectivity index (χ1n) is 9.03. The summed E-state index contributed by atoms with van der Waals surface area (Å²) in [4.78, 5) is 13.1. The van der Waals surface area contributed by atoms with E-state index in [4.69, 9.17) is 0 Å². The van der Waals surface area contributed by atoms with Crippen molar-refractivity contribution in [1.82, 2.24) is 0 Å². The fourth-order valence-electron chi connectivity index (χ4n) is 5.19. The maximum atomic E-state index is 13.1. The molecule has 126 valence electrons. The molecule has 0 amide bonds. The van der Waals surface area contributed by atoms with E-state index in [1.54, 1.807) is 0 Å². The zero-order valence-electron chi connectivity index (χ0n) is 13.9. The molecule has 2 N–H and O–H groups in total. The van der Waals surface area contributed by atoms with Crippen LogP contribution in [0, 0.1) is 29.6 Å². The molecule has 2 aliphatic rings. The number of carbonyl (C=O) groups excluding carboxylic acids is 1. The maximum absolute atomic E-state index is 13.1. The number of Topliss-reactive ketones (excluding diaryl/α,β-unsaturated/α-hetero) is 1. The zero-order chi connectivity index (χ0) is 16.4. The van der Waals surface area contributed by atoms with Gasteiger partial charge in [0.25, 0.3) is 0 Å². The standard InChI is InChI=1S/C20H28O3/c1-2-3-9-16-17(13-7-5-4-6-8-13)18-14(11-21)10-15(12-22)19(18)20(16)23/h4-8,14-19,21-22H,2-3,9-12H2,1H3/t14-,15+,16-,17-,18+,19+/m0/s1. The van der Waals surface area contributed by atoms with Gasteiger partial charge in [0, 0.05) is 25.0 Å². The molecule has 0 spiro atoms. The molecule has 2 fully saturated rings. The first kappa shape index (κ1) is 16.7. The Morgan fingerprint density at radius 1 is 1.04 bits per heavy atom. The number of aliphatic hydroxyl groups excluding tert-OH is 2. The predicted molar refractivity (Wildman–Crippen MR) is 90.0 cm³/mol. The molecule has 3 rings (SSSR count). The van der Waals surface area contributed by atoms with Crippen molar-refractivity contribution in [2.24, 2.45) is 29.6 Å². The van der Waals surface area contributed by atoms with Crippen LogP contribution in [-0.2, 0) is 4.79 Å². The molecule has 2 saturated carbocycles. The van der Waals surface area contributed by atoms with Crippen molar-refractivity contribution in [3.8, 4) is 0 Å². The quantitative estimate of drug-likeness (QED) is 0.848. The predicted octanol–water partition coefficient (Wildman–Crippen LogP) is 3.01. The minimum atomic E-state index is -0.0655. The SMILES string of the molecule is CCCC[C@@H]1C(=O)[C@@H]2[C@@H](CO)C[C@@H](CO)[C@@H]2[C@H]1c1ccccc1. The van der Waals surface area contributed by atoms with E-state index in [9.17, 15) is 15.0 Å². The number of hydrogen-bond acceptors (Lipinski definition) is 3. The Labute approximate surface area is 138 Å². The highest BCUT2D eigenvalue weighted by Crippen LogP contribution is 2.58. The second-order valence-electron chi connectivity index (χ2n) is 7.31. The van der Waals surface area contributed by atoms with Crippen LogP contribution >= 0.6 is 0 Å². The van der Waals surface area contributed by atoms with E-state index in [-0.39, 0.29) is 48.7 Å². The summed E-state index contributed by atoms with van der Waals surface area (Å²) in [6.45, 7) is 2.34. The van der Waals surface area contributed by atoms with Gasteiger partial charge in [-0.15, -0.1) is 0 Å². The molecule has 23 heavy (non-hydrogen) atoms. The molecular weight excluding hydrogens is 288 g/mol. The second-order valence-corrected chi connectivity index (χ2v) is 7.31. The molecule has 0 radical (unpaired) electrons. The molecule has 1 aromatic rings. The molecule has 2 aliphatic carbocycles. The van der Waals surface area contributed by atoms with Gasteiger partial charge in [0.2, 0.25) is 0 Å². The number of carbonyl (C=O) groups is 1. The van der Waals surface area contributed by atoms with Crippen molar-refractivity contribution in [3.05, 3.63) is 35.9 Å². The van der Waals surface area contributed by atoms with Crippen molar-refractivity contribution in [2.75, 3.05) is 13.2 Å². The van der Waals surface area contributed by atoms with Crippen LogP contribution in [0.2, 0.25) is 0 Å². The number of hydrogen-bond donors (Lipinski definition) is 2. The highest BCUT2D eigenvalue weighted by atomic mass is 16.3. The number of rotatable bonds is 6. The summed E-state index contributed by atoms with van der Waals surface area (Å²) in [5, 5.41) is 19.6. The van der Waals surface area contributed by atoms with Crippen LogP contribution in [0.3, 0.4) is 0 Å². The molecule has 6 atom stereocenters. The molecule has 3 heteroatoms. The molecule has 0 aliphatic heterocycles. The fourth-order valence-corrected chi connectivity index (χ4v) is 5.19. The first-order valence-corrected chi connectivity index (χ1v) is 9.03. The number of aliphatic hydroxyl groups is 2. The van der Waals surface area contributed by atoms with Gasteiger partial charge in [0.15, 0.2) is 0 Å². The minimum absolute atomic E-state index is 0.0301. The Morgan fingerprint density at radius 2 is 1.74 bits per heavy atom. The van der Waals surface area contributed by atoms with Gasteiger partial charge in [-0.25, -0.2) is 0 Å². The molecule has 1 aromatic carbocycles. The molecule has 0 heterocycles. The third-order valence-electron chi connectivity index (χ3n) is 6.14. The summed E-state index contributed by atoms with van der Waals surface area (Å²) in [6.07, 6.45) is 3.86. The van der Waals surface area contributed by atoms with Crippen LogP contribution in [0.25, 0.3) is 0 Å². The van der Waals surface area contributed by atoms with E-state index in [0.717, 1.165) is 25.7 Å². The lowest BCUT2D eigenvalue weighted by Gasteiger charge is -2.27. The van der Waals surface area contributed by atoms with Gasteiger partial charge in [0.05, 0.1) is 0 Å². The van der Waals surface area contributed by atoms with Crippen molar-refractivity contribution in [3.63, 3.8) is 0 Å². The Bertz CT molecular complexity index is 527. The number of ketones is 1. The Hall–Kier alpha value is -1.19. The van der Waals surface area contributed by atoms with Crippen LogP contribution in [0.15, 0.2) is 30.3 Å². The van der Waals surface area contributed by atoms with E-state index in [1.807, 2.05) is 18.2 Å². The second kappa shape index (κ2) is 7.14. The van der Waals surface area contributed by atoms with Gasteiger partial charge in [-0.2, -0.15) is 0 Å². The van der Waals surface area contributed by atoms with E-state index in [2.05, 4.69) is 19.1 Å². The summed E-state index contributed by atoms with van der Waals surface area (Å²) < 4.78 is 0. The van der Waals surface area contributed by atoms with Gasteiger partial charge < -0.3 is 10.2 Å². The Kier molecular flexibility index (Phi) is 5.17.